The Kier molecular flexibility index (Phi) is 5.72. The van der Waals surface area contributed by atoms with E-state index < -0.39 is 35.7 Å². The number of carbonyl (C=O) groups is 5. The summed E-state index contributed by atoms with van der Waals surface area (Å²) in [5.74, 6) is -2.38. The Labute approximate surface area is 138 Å². The topological polar surface area (TPSA) is 137 Å². The van der Waals surface area contributed by atoms with Crippen molar-refractivity contribution >= 4 is 29.5 Å². The average Bonchev–Trinajstić information content (AvgIpc) is 3.04. The van der Waals surface area contributed by atoms with Crippen LogP contribution in [0.15, 0.2) is 0 Å². The fraction of sp³-hybridized carbons (Fsp3) is 0.643. The van der Waals surface area contributed by atoms with Crippen LogP contribution in [-0.2, 0) is 24.0 Å². The van der Waals surface area contributed by atoms with Crippen LogP contribution in [0.3, 0.4) is 0 Å². The van der Waals surface area contributed by atoms with Gasteiger partial charge in [0, 0.05) is 6.54 Å². The van der Waals surface area contributed by atoms with Gasteiger partial charge in [-0.2, -0.15) is 0 Å². The summed E-state index contributed by atoms with van der Waals surface area (Å²) in [4.78, 5) is 61.0. The predicted octanol–water partition coefficient (Wildman–Crippen LogP) is -3.16. The quantitative estimate of drug-likeness (QED) is 0.369. The van der Waals surface area contributed by atoms with E-state index in [1.807, 2.05) is 0 Å². The van der Waals surface area contributed by atoms with Crippen LogP contribution < -0.4 is 21.3 Å². The lowest BCUT2D eigenvalue weighted by atomic mass is 10.2. The van der Waals surface area contributed by atoms with Crippen LogP contribution >= 0.6 is 0 Å². The third-order valence-corrected chi connectivity index (χ3v) is 3.93. The number of nitrogens with one attached hydrogen (secondary N) is 4. The molecule has 2 aliphatic heterocycles. The standard InChI is InChI=1S/C14H21N5O5/c1-8-13(23)17-7-12(22)19-4-2-3-9(19)14(24)16-5-10(20)15-6-11(21)18-8/h8-9H,2-7H2,1H3,(H,15,20)(H,16,24)(H,17,23)(H,18,21)/t8-,9-/m0/s1. The number of hydrogen-bond acceptors (Lipinski definition) is 5. The first-order chi connectivity index (χ1) is 11.4. The van der Waals surface area contributed by atoms with Crippen LogP contribution in [0.25, 0.3) is 0 Å². The van der Waals surface area contributed by atoms with Crippen LogP contribution in [0.1, 0.15) is 19.8 Å². The van der Waals surface area contributed by atoms with Gasteiger partial charge in [0.05, 0.1) is 19.6 Å². The van der Waals surface area contributed by atoms with Crippen LogP contribution in [0, 0.1) is 0 Å². The highest BCUT2D eigenvalue weighted by atomic mass is 16.2. The predicted molar refractivity (Wildman–Crippen MR) is 81.4 cm³/mol. The second kappa shape index (κ2) is 7.75. The van der Waals surface area contributed by atoms with Gasteiger partial charge in [0.1, 0.15) is 12.1 Å². The zero-order chi connectivity index (χ0) is 17.7. The van der Waals surface area contributed by atoms with Gasteiger partial charge >= 0.3 is 0 Å². The van der Waals surface area contributed by atoms with Crippen molar-refractivity contribution in [1.82, 2.24) is 26.2 Å². The number of fused-ring (bicyclic) bond motifs is 1. The summed E-state index contributed by atoms with van der Waals surface area (Å²) in [7, 11) is 0. The minimum absolute atomic E-state index is 0.250. The lowest BCUT2D eigenvalue weighted by Crippen LogP contribution is -2.51. The van der Waals surface area contributed by atoms with Gasteiger partial charge in [0.2, 0.25) is 29.5 Å². The van der Waals surface area contributed by atoms with E-state index in [9.17, 15) is 24.0 Å². The van der Waals surface area contributed by atoms with Gasteiger partial charge in [-0.05, 0) is 19.8 Å². The second-order valence-corrected chi connectivity index (χ2v) is 5.75. The highest BCUT2D eigenvalue weighted by Crippen LogP contribution is 2.17. The molecular formula is C14H21N5O5. The molecule has 2 rings (SSSR count). The largest absolute Gasteiger partial charge is 0.346 e. The van der Waals surface area contributed by atoms with E-state index in [1.165, 1.54) is 11.8 Å². The van der Waals surface area contributed by atoms with Gasteiger partial charge in [-0.1, -0.05) is 0 Å². The summed E-state index contributed by atoms with van der Waals surface area (Å²) in [6.07, 6.45) is 1.18. The van der Waals surface area contributed by atoms with Crippen LogP contribution in [0.4, 0.5) is 0 Å². The third-order valence-electron chi connectivity index (χ3n) is 3.93. The van der Waals surface area contributed by atoms with Crippen molar-refractivity contribution in [2.45, 2.75) is 31.8 Å². The number of nitrogens with zero attached hydrogens (tertiary/aromatic N) is 1. The Hall–Kier alpha value is -2.65. The number of carbonyl (C=O) groups excluding carboxylic acids is 5. The van der Waals surface area contributed by atoms with Crippen LogP contribution in [-0.4, -0.2) is 72.7 Å². The Morgan fingerprint density at radius 2 is 1.54 bits per heavy atom. The normalized spacial score (nSPS) is 27.2. The molecule has 24 heavy (non-hydrogen) atoms. The SMILES string of the molecule is C[C@@H]1NC(=O)CNC(=O)CNC(=O)[C@@H]2CCCN2C(=O)CNC1=O. The van der Waals surface area contributed by atoms with E-state index in [1.54, 1.807) is 0 Å². The molecule has 2 atom stereocenters. The molecule has 0 aliphatic carbocycles. The molecule has 10 nitrogen and oxygen atoms in total. The molecular weight excluding hydrogens is 318 g/mol. The molecule has 0 bridgehead atoms. The first-order valence-electron chi connectivity index (χ1n) is 7.79. The average molecular weight is 339 g/mol. The van der Waals surface area contributed by atoms with E-state index >= 15 is 0 Å². The van der Waals surface area contributed by atoms with Crippen molar-refractivity contribution in [3.05, 3.63) is 0 Å². The zero-order valence-corrected chi connectivity index (χ0v) is 13.4. The smallest absolute Gasteiger partial charge is 0.243 e. The van der Waals surface area contributed by atoms with Gasteiger partial charge in [-0.3, -0.25) is 24.0 Å². The molecule has 10 heteroatoms. The molecule has 2 aliphatic rings. The second-order valence-electron chi connectivity index (χ2n) is 5.75. The van der Waals surface area contributed by atoms with Crippen molar-refractivity contribution in [1.29, 1.82) is 0 Å². The van der Waals surface area contributed by atoms with Crippen LogP contribution in [0.5, 0.6) is 0 Å². The molecule has 132 valence electrons. The summed E-state index contributed by atoms with van der Waals surface area (Å²) in [6.45, 7) is 1.06. The molecule has 0 radical (unpaired) electrons. The summed E-state index contributed by atoms with van der Waals surface area (Å²) < 4.78 is 0. The maximum Gasteiger partial charge on any atom is 0.243 e. The molecule has 2 fully saturated rings. The van der Waals surface area contributed by atoms with Crippen molar-refractivity contribution in [2.24, 2.45) is 0 Å². The molecule has 0 unspecified atom stereocenters. The maximum atomic E-state index is 12.2. The molecule has 0 saturated carbocycles. The number of amides is 5. The summed E-state index contributed by atoms with van der Waals surface area (Å²) >= 11 is 0. The van der Waals surface area contributed by atoms with E-state index in [2.05, 4.69) is 21.3 Å². The fourth-order valence-electron chi connectivity index (χ4n) is 2.64. The van der Waals surface area contributed by atoms with Gasteiger partial charge in [0.25, 0.3) is 0 Å². The Bertz CT molecular complexity index is 564. The maximum absolute atomic E-state index is 12.2. The Morgan fingerprint density at radius 3 is 2.29 bits per heavy atom. The summed E-state index contributed by atoms with van der Waals surface area (Å²) in [5.41, 5.74) is 0. The Morgan fingerprint density at radius 1 is 0.875 bits per heavy atom. The molecule has 2 heterocycles. The highest BCUT2D eigenvalue weighted by molar-refractivity contribution is 5.95. The fourth-order valence-corrected chi connectivity index (χ4v) is 2.64. The number of rotatable bonds is 0. The van der Waals surface area contributed by atoms with Crippen molar-refractivity contribution in [3.63, 3.8) is 0 Å². The minimum Gasteiger partial charge on any atom is -0.346 e. The first-order valence-corrected chi connectivity index (χ1v) is 7.79. The van der Waals surface area contributed by atoms with E-state index in [0.717, 1.165) is 0 Å². The van der Waals surface area contributed by atoms with Gasteiger partial charge < -0.3 is 26.2 Å². The molecule has 0 aromatic rings. The highest BCUT2D eigenvalue weighted by Gasteiger charge is 2.34. The van der Waals surface area contributed by atoms with Gasteiger partial charge in [0.15, 0.2) is 0 Å². The van der Waals surface area contributed by atoms with Gasteiger partial charge in [-0.15, -0.1) is 0 Å². The van der Waals surface area contributed by atoms with E-state index in [0.29, 0.717) is 19.4 Å². The monoisotopic (exact) mass is 339 g/mol. The zero-order valence-electron chi connectivity index (χ0n) is 13.4. The molecule has 0 spiro atoms. The van der Waals surface area contributed by atoms with Crippen LogP contribution in [0.2, 0.25) is 0 Å². The Balaban J connectivity index is 2.10. The van der Waals surface area contributed by atoms with E-state index in [-0.39, 0.29) is 25.5 Å². The molecule has 2 saturated heterocycles. The molecule has 0 aromatic heterocycles. The minimum atomic E-state index is -0.846. The first kappa shape index (κ1) is 17.7. The van der Waals surface area contributed by atoms with Crippen molar-refractivity contribution in [2.75, 3.05) is 26.2 Å². The van der Waals surface area contributed by atoms with E-state index in [4.69, 9.17) is 0 Å². The number of hydrogen-bond donors (Lipinski definition) is 4. The summed E-state index contributed by atoms with van der Waals surface area (Å²) in [6, 6.07) is -1.49. The molecule has 5 amide bonds. The summed E-state index contributed by atoms with van der Waals surface area (Å²) in [5, 5.41) is 9.67. The third kappa shape index (κ3) is 4.43. The lowest BCUT2D eigenvalue weighted by molar-refractivity contribution is -0.139. The van der Waals surface area contributed by atoms with Crippen molar-refractivity contribution in [3.8, 4) is 0 Å². The lowest BCUT2D eigenvalue weighted by Gasteiger charge is -2.24. The molecule has 4 N–H and O–H groups in total. The molecule has 0 aromatic carbocycles. The van der Waals surface area contributed by atoms with Crippen molar-refractivity contribution < 1.29 is 24.0 Å². The van der Waals surface area contributed by atoms with Gasteiger partial charge in [-0.25, -0.2) is 0 Å².